The molecular formula is C20H31N3O3. The Balaban J connectivity index is 1.41. The maximum atomic E-state index is 12.5. The molecule has 2 aliphatic rings. The predicted octanol–water partition coefficient (Wildman–Crippen LogP) is 3.52. The molecule has 1 aromatic heterocycles. The van der Waals surface area contributed by atoms with Gasteiger partial charge in [0.05, 0.1) is 6.04 Å². The van der Waals surface area contributed by atoms with Crippen molar-refractivity contribution in [2.24, 2.45) is 5.92 Å². The lowest BCUT2D eigenvalue weighted by atomic mass is 9.88. The number of furan rings is 1. The molecule has 0 aromatic carbocycles. The van der Waals surface area contributed by atoms with Crippen LogP contribution in [-0.4, -0.2) is 36.0 Å². The number of rotatable bonds is 4. The second-order valence-corrected chi connectivity index (χ2v) is 7.72. The van der Waals surface area contributed by atoms with Crippen LogP contribution >= 0.6 is 0 Å². The van der Waals surface area contributed by atoms with Crippen LogP contribution in [0.15, 0.2) is 16.5 Å². The molecule has 0 spiro atoms. The molecule has 3 rings (SSSR count). The molecule has 1 saturated carbocycles. The lowest BCUT2D eigenvalue weighted by Crippen LogP contribution is -2.50. The van der Waals surface area contributed by atoms with Gasteiger partial charge >= 0.3 is 6.03 Å². The molecule has 6 nitrogen and oxygen atoms in total. The molecule has 2 fully saturated rings. The van der Waals surface area contributed by atoms with Crippen LogP contribution in [0.3, 0.4) is 0 Å². The quantitative estimate of drug-likeness (QED) is 0.862. The third kappa shape index (κ3) is 4.80. The summed E-state index contributed by atoms with van der Waals surface area (Å²) in [6, 6.07) is 3.77. The molecule has 1 unspecified atom stereocenters. The molecule has 144 valence electrons. The Morgan fingerprint density at radius 2 is 1.81 bits per heavy atom. The summed E-state index contributed by atoms with van der Waals surface area (Å²) in [4.78, 5) is 26.7. The first-order valence-electron chi connectivity index (χ1n) is 9.95. The van der Waals surface area contributed by atoms with Crippen LogP contribution in [0.25, 0.3) is 0 Å². The van der Waals surface area contributed by atoms with Crippen LogP contribution in [0.2, 0.25) is 0 Å². The Kier molecular flexibility index (Phi) is 6.22. The summed E-state index contributed by atoms with van der Waals surface area (Å²) < 4.78 is 5.57. The van der Waals surface area contributed by atoms with Crippen molar-refractivity contribution in [3.63, 3.8) is 0 Å². The van der Waals surface area contributed by atoms with E-state index in [4.69, 9.17) is 4.42 Å². The summed E-state index contributed by atoms with van der Waals surface area (Å²) in [5.74, 6) is 2.03. The normalized spacial score (nSPS) is 20.6. The van der Waals surface area contributed by atoms with Gasteiger partial charge in [-0.1, -0.05) is 19.3 Å². The summed E-state index contributed by atoms with van der Waals surface area (Å²) in [6.45, 7) is 5.16. The number of nitrogens with one attached hydrogen (secondary N) is 2. The van der Waals surface area contributed by atoms with Gasteiger partial charge in [-0.25, -0.2) is 4.79 Å². The van der Waals surface area contributed by atoms with Crippen molar-refractivity contribution in [1.82, 2.24) is 15.5 Å². The Hall–Kier alpha value is -1.98. The summed E-state index contributed by atoms with van der Waals surface area (Å²) in [6.07, 6.45) is 7.29. The van der Waals surface area contributed by atoms with Gasteiger partial charge < -0.3 is 20.0 Å². The number of hydrogen-bond donors (Lipinski definition) is 2. The number of nitrogens with zero attached hydrogens (tertiary/aromatic N) is 1. The molecule has 3 amide bonds. The lowest BCUT2D eigenvalue weighted by molar-refractivity contribution is -0.126. The van der Waals surface area contributed by atoms with Gasteiger partial charge in [-0.2, -0.15) is 0 Å². The number of carbonyl (C=O) groups is 2. The fraction of sp³-hybridized carbons (Fsp3) is 0.700. The molecule has 6 heteroatoms. The molecule has 1 aliphatic heterocycles. The number of hydrogen-bond acceptors (Lipinski definition) is 3. The van der Waals surface area contributed by atoms with E-state index in [9.17, 15) is 9.59 Å². The third-order valence-corrected chi connectivity index (χ3v) is 5.63. The maximum Gasteiger partial charge on any atom is 0.317 e. The van der Waals surface area contributed by atoms with E-state index in [1.165, 1.54) is 19.3 Å². The first-order valence-corrected chi connectivity index (χ1v) is 9.95. The van der Waals surface area contributed by atoms with E-state index in [0.717, 1.165) is 37.2 Å². The number of urea groups is 1. The molecule has 0 bridgehead atoms. The molecule has 26 heavy (non-hydrogen) atoms. The molecule has 1 saturated heterocycles. The average molecular weight is 361 g/mol. The van der Waals surface area contributed by atoms with Gasteiger partial charge in [0.2, 0.25) is 5.91 Å². The molecule has 1 atom stereocenters. The van der Waals surface area contributed by atoms with E-state index in [0.29, 0.717) is 13.1 Å². The number of piperidine rings is 1. The summed E-state index contributed by atoms with van der Waals surface area (Å²) in [5.41, 5.74) is 0. The maximum absolute atomic E-state index is 12.5. The van der Waals surface area contributed by atoms with Crippen LogP contribution in [0.4, 0.5) is 4.79 Å². The van der Waals surface area contributed by atoms with Crippen LogP contribution in [0.1, 0.15) is 69.4 Å². The predicted molar refractivity (Wildman–Crippen MR) is 99.7 cm³/mol. The SMILES string of the molecule is Cc1ccc(C(C)NC(=O)N2CCC(NC(=O)C3CCCCC3)CC2)o1. The summed E-state index contributed by atoms with van der Waals surface area (Å²) >= 11 is 0. The molecular weight excluding hydrogens is 330 g/mol. The van der Waals surface area contributed by atoms with E-state index in [1.54, 1.807) is 0 Å². The minimum Gasteiger partial charge on any atom is -0.464 e. The standard InChI is InChI=1S/C20H31N3O3/c1-14-8-9-18(26-14)15(2)21-20(25)23-12-10-17(11-13-23)22-19(24)16-6-4-3-5-7-16/h8-9,15-17H,3-7,10-13H2,1-2H3,(H,21,25)(H,22,24). The fourth-order valence-electron chi connectivity index (χ4n) is 3.94. The first kappa shape index (κ1) is 18.8. The molecule has 2 heterocycles. The van der Waals surface area contributed by atoms with Crippen molar-refractivity contribution in [3.8, 4) is 0 Å². The van der Waals surface area contributed by atoms with Crippen molar-refractivity contribution >= 4 is 11.9 Å². The Labute approximate surface area is 155 Å². The minimum absolute atomic E-state index is 0.0661. The van der Waals surface area contributed by atoms with Crippen molar-refractivity contribution < 1.29 is 14.0 Å². The Bertz CT molecular complexity index is 614. The first-order chi connectivity index (χ1) is 12.5. The summed E-state index contributed by atoms with van der Waals surface area (Å²) in [5, 5.41) is 6.20. The topological polar surface area (TPSA) is 74.6 Å². The van der Waals surface area contributed by atoms with E-state index >= 15 is 0 Å². The fourth-order valence-corrected chi connectivity index (χ4v) is 3.94. The average Bonchev–Trinajstić information content (AvgIpc) is 3.09. The van der Waals surface area contributed by atoms with Crippen LogP contribution in [0, 0.1) is 12.8 Å². The largest absolute Gasteiger partial charge is 0.464 e. The van der Waals surface area contributed by atoms with E-state index < -0.39 is 0 Å². The van der Waals surface area contributed by atoms with Gasteiger partial charge in [0.15, 0.2) is 0 Å². The molecule has 0 radical (unpaired) electrons. The zero-order valence-electron chi connectivity index (χ0n) is 15.9. The highest BCUT2D eigenvalue weighted by molar-refractivity contribution is 5.79. The second-order valence-electron chi connectivity index (χ2n) is 7.72. The zero-order valence-corrected chi connectivity index (χ0v) is 15.9. The van der Waals surface area contributed by atoms with E-state index in [1.807, 2.05) is 30.9 Å². The molecule has 1 aromatic rings. The monoisotopic (exact) mass is 361 g/mol. The van der Waals surface area contributed by atoms with Crippen molar-refractivity contribution in [2.45, 2.75) is 70.9 Å². The van der Waals surface area contributed by atoms with Gasteiger partial charge in [-0.3, -0.25) is 4.79 Å². The zero-order chi connectivity index (χ0) is 18.5. The van der Waals surface area contributed by atoms with Crippen LogP contribution < -0.4 is 10.6 Å². The van der Waals surface area contributed by atoms with Gasteiger partial charge in [0, 0.05) is 25.0 Å². The highest BCUT2D eigenvalue weighted by atomic mass is 16.3. The van der Waals surface area contributed by atoms with Gasteiger partial charge in [0.25, 0.3) is 0 Å². The van der Waals surface area contributed by atoms with Crippen LogP contribution in [-0.2, 0) is 4.79 Å². The number of likely N-dealkylation sites (tertiary alicyclic amines) is 1. The van der Waals surface area contributed by atoms with Gasteiger partial charge in [-0.15, -0.1) is 0 Å². The number of amides is 3. The van der Waals surface area contributed by atoms with Crippen molar-refractivity contribution in [3.05, 3.63) is 23.7 Å². The number of aryl methyl sites for hydroxylation is 1. The highest BCUT2D eigenvalue weighted by Gasteiger charge is 2.28. The van der Waals surface area contributed by atoms with Gasteiger partial charge in [-0.05, 0) is 51.7 Å². The smallest absolute Gasteiger partial charge is 0.317 e. The minimum atomic E-state index is -0.153. The molecule has 1 aliphatic carbocycles. The summed E-state index contributed by atoms with van der Waals surface area (Å²) in [7, 11) is 0. The Morgan fingerprint density at radius 1 is 1.12 bits per heavy atom. The Morgan fingerprint density at radius 3 is 2.42 bits per heavy atom. The number of carbonyl (C=O) groups excluding carboxylic acids is 2. The van der Waals surface area contributed by atoms with Crippen molar-refractivity contribution in [2.75, 3.05) is 13.1 Å². The van der Waals surface area contributed by atoms with E-state index in [-0.39, 0.29) is 29.9 Å². The van der Waals surface area contributed by atoms with E-state index in [2.05, 4.69) is 10.6 Å². The third-order valence-electron chi connectivity index (χ3n) is 5.63. The second kappa shape index (κ2) is 8.60. The van der Waals surface area contributed by atoms with Crippen molar-refractivity contribution in [1.29, 1.82) is 0 Å². The lowest BCUT2D eigenvalue weighted by Gasteiger charge is -2.34. The highest BCUT2D eigenvalue weighted by Crippen LogP contribution is 2.24. The molecule has 2 N–H and O–H groups in total. The van der Waals surface area contributed by atoms with Crippen LogP contribution in [0.5, 0.6) is 0 Å². The van der Waals surface area contributed by atoms with Gasteiger partial charge in [0.1, 0.15) is 11.5 Å².